The lowest BCUT2D eigenvalue weighted by molar-refractivity contribution is 0.581. The highest BCUT2D eigenvalue weighted by Gasteiger charge is 2.18. The molecule has 21 heavy (non-hydrogen) atoms. The monoisotopic (exact) mass is 365 g/mol. The minimum absolute atomic E-state index is 0.0248. The maximum Gasteiger partial charge on any atom is 0.242 e. The molecule has 108 valence electrons. The predicted molar refractivity (Wildman–Crippen MR) is 83.7 cm³/mol. The highest BCUT2D eigenvalue weighted by atomic mass is 79.9. The Morgan fingerprint density at radius 1 is 1.24 bits per heavy atom. The van der Waals surface area contributed by atoms with Crippen LogP contribution in [0.5, 0.6) is 0 Å². The van der Waals surface area contributed by atoms with Crippen LogP contribution in [-0.2, 0) is 16.6 Å². The summed E-state index contributed by atoms with van der Waals surface area (Å²) in [6.45, 7) is 0.136. The van der Waals surface area contributed by atoms with E-state index in [0.29, 0.717) is 5.69 Å². The molecular weight excluding hydrogens is 354 g/mol. The average Bonchev–Trinajstić information content (AvgIpc) is 2.45. The number of hydrogen-bond acceptors (Lipinski definition) is 4. The summed E-state index contributed by atoms with van der Waals surface area (Å²) in [5.41, 5.74) is 6.73. The van der Waals surface area contributed by atoms with Crippen molar-refractivity contribution in [3.8, 4) is 6.07 Å². The van der Waals surface area contributed by atoms with E-state index in [0.717, 1.165) is 10.0 Å². The van der Waals surface area contributed by atoms with Crippen molar-refractivity contribution in [3.05, 3.63) is 58.1 Å². The van der Waals surface area contributed by atoms with Gasteiger partial charge in [-0.15, -0.1) is 0 Å². The van der Waals surface area contributed by atoms with Crippen LogP contribution in [0.15, 0.2) is 51.8 Å². The zero-order valence-electron chi connectivity index (χ0n) is 10.9. The normalized spacial score (nSPS) is 11.0. The summed E-state index contributed by atoms with van der Waals surface area (Å²) in [4.78, 5) is -0.0748. The molecule has 0 heterocycles. The fraction of sp³-hybridized carbons (Fsp3) is 0.0714. The summed E-state index contributed by atoms with van der Waals surface area (Å²) in [7, 11) is -3.77. The van der Waals surface area contributed by atoms with Crippen molar-refractivity contribution < 1.29 is 8.42 Å². The van der Waals surface area contributed by atoms with Gasteiger partial charge in [-0.2, -0.15) is 5.26 Å². The summed E-state index contributed by atoms with van der Waals surface area (Å²) in [5.74, 6) is 0. The number of hydrogen-bond donors (Lipinski definition) is 2. The molecule has 0 spiro atoms. The van der Waals surface area contributed by atoms with E-state index in [4.69, 9.17) is 11.0 Å². The van der Waals surface area contributed by atoms with Crippen molar-refractivity contribution >= 4 is 31.6 Å². The lowest BCUT2D eigenvalue weighted by Crippen LogP contribution is -2.24. The Kier molecular flexibility index (Phi) is 4.63. The fourth-order valence-corrected chi connectivity index (χ4v) is 3.37. The highest BCUT2D eigenvalue weighted by Crippen LogP contribution is 2.18. The first-order valence-electron chi connectivity index (χ1n) is 5.96. The second-order valence-corrected chi connectivity index (χ2v) is 6.97. The largest absolute Gasteiger partial charge is 0.399 e. The average molecular weight is 366 g/mol. The number of nitrogens with two attached hydrogens (primary N) is 1. The third kappa shape index (κ3) is 3.82. The van der Waals surface area contributed by atoms with E-state index in [-0.39, 0.29) is 17.0 Å². The Balaban J connectivity index is 2.25. The van der Waals surface area contributed by atoms with E-state index in [2.05, 4.69) is 20.7 Å². The highest BCUT2D eigenvalue weighted by molar-refractivity contribution is 9.10. The molecule has 0 aliphatic carbocycles. The number of nitriles is 1. The van der Waals surface area contributed by atoms with E-state index < -0.39 is 10.0 Å². The number of nitrogens with zero attached hydrogens (tertiary/aromatic N) is 1. The molecule has 5 nitrogen and oxygen atoms in total. The van der Waals surface area contributed by atoms with Gasteiger partial charge in [0.2, 0.25) is 10.0 Å². The standard InChI is InChI=1S/C14H12BrN3O2S/c15-12-3-1-2-10(6-12)9-18-21(19,20)14-5-4-13(17)7-11(14)8-16/h1-7,18H,9,17H2. The van der Waals surface area contributed by atoms with E-state index in [9.17, 15) is 8.42 Å². The molecule has 0 aliphatic rings. The van der Waals surface area contributed by atoms with E-state index in [1.54, 1.807) is 0 Å². The lowest BCUT2D eigenvalue weighted by Gasteiger charge is -2.09. The first-order valence-corrected chi connectivity index (χ1v) is 8.24. The lowest BCUT2D eigenvalue weighted by atomic mass is 10.2. The molecule has 0 fully saturated rings. The molecule has 0 atom stereocenters. The van der Waals surface area contributed by atoms with Crippen molar-refractivity contribution in [1.82, 2.24) is 4.72 Å². The van der Waals surface area contributed by atoms with Crippen LogP contribution in [0.4, 0.5) is 5.69 Å². The second-order valence-electron chi connectivity index (χ2n) is 4.32. The Hall–Kier alpha value is -1.88. The van der Waals surface area contributed by atoms with Gasteiger partial charge >= 0.3 is 0 Å². The van der Waals surface area contributed by atoms with Gasteiger partial charge in [0, 0.05) is 16.7 Å². The predicted octanol–water partition coefficient (Wildman–Crippen LogP) is 2.38. The van der Waals surface area contributed by atoms with Gasteiger partial charge in [-0.25, -0.2) is 13.1 Å². The number of sulfonamides is 1. The fourth-order valence-electron chi connectivity index (χ4n) is 1.77. The van der Waals surface area contributed by atoms with Crippen molar-refractivity contribution in [2.24, 2.45) is 0 Å². The first-order chi connectivity index (χ1) is 9.92. The van der Waals surface area contributed by atoms with Crippen LogP contribution in [0.3, 0.4) is 0 Å². The minimum Gasteiger partial charge on any atom is -0.399 e. The number of halogens is 1. The summed E-state index contributed by atoms with van der Waals surface area (Å²) in [6.07, 6.45) is 0. The molecule has 7 heteroatoms. The molecule has 0 bridgehead atoms. The van der Waals surface area contributed by atoms with Gasteiger partial charge in [0.05, 0.1) is 10.5 Å². The molecular formula is C14H12BrN3O2S. The maximum atomic E-state index is 12.3. The molecule has 2 aromatic rings. The number of nitrogens with one attached hydrogen (secondary N) is 1. The summed E-state index contributed by atoms with van der Waals surface area (Å²) < 4.78 is 27.9. The van der Waals surface area contributed by atoms with Gasteiger partial charge in [0.15, 0.2) is 0 Å². The number of rotatable bonds is 4. The van der Waals surface area contributed by atoms with Crippen molar-refractivity contribution in [3.63, 3.8) is 0 Å². The third-order valence-electron chi connectivity index (χ3n) is 2.77. The molecule has 2 aromatic carbocycles. The molecule has 3 N–H and O–H groups in total. The Morgan fingerprint density at radius 3 is 2.67 bits per heavy atom. The maximum absolute atomic E-state index is 12.3. The van der Waals surface area contributed by atoms with Crippen LogP contribution < -0.4 is 10.5 Å². The molecule has 0 radical (unpaired) electrons. The zero-order valence-corrected chi connectivity index (χ0v) is 13.3. The smallest absolute Gasteiger partial charge is 0.242 e. The SMILES string of the molecule is N#Cc1cc(N)ccc1S(=O)(=O)NCc1cccc(Br)c1. The molecule has 0 aromatic heterocycles. The Labute approximate surface area is 131 Å². The van der Waals surface area contributed by atoms with Crippen LogP contribution in [-0.4, -0.2) is 8.42 Å². The molecule has 0 saturated heterocycles. The molecule has 0 aliphatic heterocycles. The van der Waals surface area contributed by atoms with Crippen molar-refractivity contribution in [1.29, 1.82) is 5.26 Å². The Morgan fingerprint density at radius 2 is 2.00 bits per heavy atom. The topological polar surface area (TPSA) is 96.0 Å². The van der Waals surface area contributed by atoms with Crippen molar-refractivity contribution in [2.75, 3.05) is 5.73 Å². The van der Waals surface area contributed by atoms with E-state index in [1.165, 1.54) is 18.2 Å². The van der Waals surface area contributed by atoms with Gasteiger partial charge in [0.25, 0.3) is 0 Å². The summed E-state index contributed by atoms with van der Waals surface area (Å²) in [5, 5.41) is 9.02. The minimum atomic E-state index is -3.77. The molecule has 0 unspecified atom stereocenters. The van der Waals surface area contributed by atoms with E-state index >= 15 is 0 Å². The van der Waals surface area contributed by atoms with Gasteiger partial charge in [-0.1, -0.05) is 28.1 Å². The quantitative estimate of drug-likeness (QED) is 0.812. The Bertz CT molecular complexity index is 813. The van der Waals surface area contributed by atoms with Gasteiger partial charge < -0.3 is 5.73 Å². The summed E-state index contributed by atoms with van der Waals surface area (Å²) >= 11 is 3.32. The third-order valence-corrected chi connectivity index (χ3v) is 4.72. The van der Waals surface area contributed by atoms with Gasteiger partial charge in [-0.3, -0.25) is 0 Å². The van der Waals surface area contributed by atoms with Crippen molar-refractivity contribution in [2.45, 2.75) is 11.4 Å². The van der Waals surface area contributed by atoms with Gasteiger partial charge in [-0.05, 0) is 35.9 Å². The first kappa shape index (κ1) is 15.5. The zero-order chi connectivity index (χ0) is 15.5. The van der Waals surface area contributed by atoms with Gasteiger partial charge in [0.1, 0.15) is 6.07 Å². The van der Waals surface area contributed by atoms with Crippen LogP contribution >= 0.6 is 15.9 Å². The molecule has 0 saturated carbocycles. The number of nitrogen functional groups attached to an aromatic ring is 1. The van der Waals surface area contributed by atoms with Crippen LogP contribution in [0.25, 0.3) is 0 Å². The number of anilines is 1. The summed E-state index contributed by atoms with van der Waals surface area (Å²) in [6, 6.07) is 13.3. The van der Waals surface area contributed by atoms with Crippen LogP contribution in [0, 0.1) is 11.3 Å². The number of benzene rings is 2. The van der Waals surface area contributed by atoms with E-state index in [1.807, 2.05) is 30.3 Å². The second kappa shape index (κ2) is 6.26. The molecule has 2 rings (SSSR count). The molecule has 0 amide bonds. The van der Waals surface area contributed by atoms with Crippen LogP contribution in [0.1, 0.15) is 11.1 Å². The van der Waals surface area contributed by atoms with Crippen LogP contribution in [0.2, 0.25) is 0 Å².